The molecule has 1 heterocycles. The van der Waals surface area contributed by atoms with Gasteiger partial charge in [0.15, 0.2) is 0 Å². The van der Waals surface area contributed by atoms with Crippen LogP contribution < -0.4 is 4.90 Å². The van der Waals surface area contributed by atoms with Crippen molar-refractivity contribution in [1.82, 2.24) is 0 Å². The molecule has 16 heavy (non-hydrogen) atoms. The van der Waals surface area contributed by atoms with Crippen molar-refractivity contribution in [1.29, 1.82) is 5.26 Å². The number of nitrogens with zero attached hydrogens (tertiary/aromatic N) is 2. The van der Waals surface area contributed by atoms with Crippen LogP contribution in [0.15, 0.2) is 29.2 Å². The number of thioether (sulfide) groups is 1. The molecule has 80 valence electrons. The summed E-state index contributed by atoms with van der Waals surface area (Å²) in [5.74, 6) is -0.323. The summed E-state index contributed by atoms with van der Waals surface area (Å²) in [6.45, 7) is 0. The molecular weight excluding hydrogens is 224 g/mol. The number of nitriles is 1. The van der Waals surface area contributed by atoms with E-state index in [9.17, 15) is 9.59 Å². The van der Waals surface area contributed by atoms with E-state index in [-0.39, 0.29) is 24.7 Å². The fourth-order valence-electron chi connectivity index (χ4n) is 1.58. The van der Waals surface area contributed by atoms with Crippen molar-refractivity contribution in [2.75, 3.05) is 4.90 Å². The lowest BCUT2D eigenvalue weighted by molar-refractivity contribution is -0.121. The summed E-state index contributed by atoms with van der Waals surface area (Å²) in [4.78, 5) is 24.9. The van der Waals surface area contributed by atoms with Gasteiger partial charge in [-0.1, -0.05) is 0 Å². The highest BCUT2D eigenvalue weighted by atomic mass is 32.2. The maximum Gasteiger partial charge on any atom is 0.234 e. The Morgan fingerprint density at radius 1 is 1.12 bits per heavy atom. The third kappa shape index (κ3) is 1.92. The largest absolute Gasteiger partial charge is 0.274 e. The normalized spacial score (nSPS) is 15.3. The van der Waals surface area contributed by atoms with Crippen molar-refractivity contribution in [3.05, 3.63) is 24.3 Å². The predicted octanol–water partition coefficient (Wildman–Crippen LogP) is 1.91. The van der Waals surface area contributed by atoms with E-state index in [4.69, 9.17) is 5.26 Å². The second kappa shape index (κ2) is 4.37. The zero-order valence-electron chi connectivity index (χ0n) is 8.34. The van der Waals surface area contributed by atoms with E-state index >= 15 is 0 Å². The van der Waals surface area contributed by atoms with Crippen LogP contribution in [0.25, 0.3) is 0 Å². The van der Waals surface area contributed by atoms with E-state index < -0.39 is 0 Å². The molecule has 5 heteroatoms. The van der Waals surface area contributed by atoms with Crippen LogP contribution in [0.2, 0.25) is 0 Å². The van der Waals surface area contributed by atoms with Crippen LogP contribution >= 0.6 is 11.8 Å². The standard InChI is InChI=1S/C11H8N2O2S/c12-7-16-9-3-1-8(2-4-9)13-10(14)5-6-11(13)15/h1-4H,5-6H2. The van der Waals surface area contributed by atoms with Crippen molar-refractivity contribution < 1.29 is 9.59 Å². The van der Waals surface area contributed by atoms with E-state index in [1.807, 2.05) is 5.40 Å². The molecule has 0 radical (unpaired) electrons. The highest BCUT2D eigenvalue weighted by Crippen LogP contribution is 2.25. The number of carbonyl (C=O) groups is 2. The van der Waals surface area contributed by atoms with Crippen LogP contribution in [0.1, 0.15) is 12.8 Å². The second-order valence-corrected chi connectivity index (χ2v) is 4.17. The average Bonchev–Trinajstić information content (AvgIpc) is 2.61. The molecule has 0 atom stereocenters. The molecule has 1 aromatic rings. The quantitative estimate of drug-likeness (QED) is 0.444. The lowest BCUT2D eigenvalue weighted by atomic mass is 10.3. The lowest BCUT2D eigenvalue weighted by Gasteiger charge is -2.13. The topological polar surface area (TPSA) is 61.2 Å². The first-order valence-corrected chi connectivity index (χ1v) is 5.56. The third-order valence-electron chi connectivity index (χ3n) is 2.31. The Balaban J connectivity index is 2.25. The van der Waals surface area contributed by atoms with Gasteiger partial charge in [-0.15, -0.1) is 0 Å². The van der Waals surface area contributed by atoms with Crippen LogP contribution in [-0.4, -0.2) is 11.8 Å². The number of hydrogen-bond acceptors (Lipinski definition) is 4. The summed E-state index contributed by atoms with van der Waals surface area (Å²) in [6.07, 6.45) is 0.570. The Morgan fingerprint density at radius 3 is 2.19 bits per heavy atom. The van der Waals surface area contributed by atoms with Crippen molar-refractivity contribution in [3.8, 4) is 5.40 Å². The van der Waals surface area contributed by atoms with E-state index in [2.05, 4.69) is 0 Å². The zero-order valence-corrected chi connectivity index (χ0v) is 9.16. The summed E-state index contributed by atoms with van der Waals surface area (Å²) in [5.41, 5.74) is 0.579. The van der Waals surface area contributed by atoms with Crippen molar-refractivity contribution in [2.24, 2.45) is 0 Å². The first kappa shape index (κ1) is 10.7. The van der Waals surface area contributed by atoms with Gasteiger partial charge in [0.2, 0.25) is 11.8 Å². The predicted molar refractivity (Wildman–Crippen MR) is 59.6 cm³/mol. The molecular formula is C11H8N2O2S. The van der Waals surface area contributed by atoms with Gasteiger partial charge >= 0.3 is 0 Å². The molecule has 1 aliphatic rings. The number of carbonyl (C=O) groups excluding carboxylic acids is 2. The number of thiocyanates is 1. The molecule has 2 amide bonds. The fourth-order valence-corrected chi connectivity index (χ4v) is 1.96. The Kier molecular flexibility index (Phi) is 2.93. The van der Waals surface area contributed by atoms with Crippen LogP contribution in [0.5, 0.6) is 0 Å². The second-order valence-electron chi connectivity index (χ2n) is 3.31. The minimum absolute atomic E-state index is 0.161. The minimum atomic E-state index is -0.161. The van der Waals surface area contributed by atoms with E-state index in [0.29, 0.717) is 5.69 Å². The van der Waals surface area contributed by atoms with Crippen molar-refractivity contribution in [3.63, 3.8) is 0 Å². The highest BCUT2D eigenvalue weighted by molar-refractivity contribution is 8.03. The molecule has 2 rings (SSSR count). The molecule has 0 saturated carbocycles. The maximum absolute atomic E-state index is 11.4. The van der Waals surface area contributed by atoms with E-state index in [1.54, 1.807) is 24.3 Å². The van der Waals surface area contributed by atoms with Gasteiger partial charge in [-0.25, -0.2) is 0 Å². The SMILES string of the molecule is N#CSc1ccc(N2C(=O)CCC2=O)cc1. The fraction of sp³-hybridized carbons (Fsp3) is 0.182. The zero-order chi connectivity index (χ0) is 11.5. The molecule has 1 aliphatic heterocycles. The Bertz CT molecular complexity index is 460. The van der Waals surface area contributed by atoms with E-state index in [1.165, 1.54) is 4.90 Å². The summed E-state index contributed by atoms with van der Waals surface area (Å²) >= 11 is 1.05. The monoisotopic (exact) mass is 232 g/mol. The number of imide groups is 1. The minimum Gasteiger partial charge on any atom is -0.274 e. The van der Waals surface area contributed by atoms with Crippen molar-refractivity contribution >= 4 is 29.3 Å². The van der Waals surface area contributed by atoms with Crippen LogP contribution in [0.4, 0.5) is 5.69 Å². The molecule has 4 nitrogen and oxygen atoms in total. The van der Waals surface area contributed by atoms with E-state index in [0.717, 1.165) is 16.7 Å². The highest BCUT2D eigenvalue weighted by Gasteiger charge is 2.29. The lowest BCUT2D eigenvalue weighted by Crippen LogP contribution is -2.28. The Morgan fingerprint density at radius 2 is 1.69 bits per heavy atom. The molecule has 0 N–H and O–H groups in total. The van der Waals surface area contributed by atoms with Crippen LogP contribution in [0, 0.1) is 10.7 Å². The maximum atomic E-state index is 11.4. The molecule has 0 aliphatic carbocycles. The van der Waals surface area contributed by atoms with Gasteiger partial charge in [-0.05, 0) is 36.0 Å². The number of benzene rings is 1. The summed E-state index contributed by atoms with van der Waals surface area (Å²) < 4.78 is 0. The van der Waals surface area contributed by atoms with Crippen LogP contribution in [0.3, 0.4) is 0 Å². The number of rotatable bonds is 2. The molecule has 0 bridgehead atoms. The van der Waals surface area contributed by atoms with Gasteiger partial charge in [-0.2, -0.15) is 5.26 Å². The van der Waals surface area contributed by atoms with Crippen LogP contribution in [-0.2, 0) is 9.59 Å². The molecule has 0 spiro atoms. The number of amides is 2. The number of anilines is 1. The summed E-state index contributed by atoms with van der Waals surface area (Å²) in [6, 6.07) is 6.81. The van der Waals surface area contributed by atoms with Gasteiger partial charge in [-0.3, -0.25) is 14.5 Å². The van der Waals surface area contributed by atoms with Gasteiger partial charge in [0.1, 0.15) is 5.40 Å². The Labute approximate surface area is 96.8 Å². The van der Waals surface area contributed by atoms with Gasteiger partial charge in [0.05, 0.1) is 5.69 Å². The first-order chi connectivity index (χ1) is 7.72. The molecule has 0 unspecified atom stereocenters. The smallest absolute Gasteiger partial charge is 0.234 e. The molecule has 1 fully saturated rings. The average molecular weight is 232 g/mol. The summed E-state index contributed by atoms with van der Waals surface area (Å²) in [5, 5.41) is 10.4. The Hall–Kier alpha value is -1.80. The van der Waals surface area contributed by atoms with Gasteiger partial charge in [0, 0.05) is 17.7 Å². The van der Waals surface area contributed by atoms with Gasteiger partial charge < -0.3 is 0 Å². The first-order valence-electron chi connectivity index (χ1n) is 4.74. The third-order valence-corrected chi connectivity index (χ3v) is 2.91. The molecule has 1 saturated heterocycles. The number of hydrogen-bond donors (Lipinski definition) is 0. The van der Waals surface area contributed by atoms with Gasteiger partial charge in [0.25, 0.3) is 0 Å². The molecule has 1 aromatic carbocycles. The molecule has 0 aromatic heterocycles. The summed E-state index contributed by atoms with van der Waals surface area (Å²) in [7, 11) is 0. The van der Waals surface area contributed by atoms with Crippen molar-refractivity contribution in [2.45, 2.75) is 17.7 Å².